The Labute approximate surface area is 56.3 Å². The van der Waals surface area contributed by atoms with Crippen LogP contribution in [0.25, 0.3) is 0 Å². The van der Waals surface area contributed by atoms with Gasteiger partial charge in [-0.05, 0) is 19.9 Å². The van der Waals surface area contributed by atoms with E-state index < -0.39 is 0 Å². The van der Waals surface area contributed by atoms with Gasteiger partial charge in [0.05, 0.1) is 0 Å². The first-order valence-corrected chi connectivity index (χ1v) is 3.46. The van der Waals surface area contributed by atoms with Gasteiger partial charge in [0, 0.05) is 13.2 Å². The van der Waals surface area contributed by atoms with Crippen LogP contribution in [0.15, 0.2) is 11.6 Å². The monoisotopic (exact) mass is 126 g/mol. The molecule has 0 amide bonds. The molecule has 0 aromatic heterocycles. The molecule has 1 aliphatic heterocycles. The summed E-state index contributed by atoms with van der Waals surface area (Å²) in [7, 11) is 0. The van der Waals surface area contributed by atoms with Crippen LogP contribution in [0.4, 0.5) is 0 Å². The number of nitrogens with one attached hydrogen (secondary N) is 2. The third-order valence-corrected chi connectivity index (χ3v) is 1.47. The van der Waals surface area contributed by atoms with E-state index in [9.17, 15) is 0 Å². The summed E-state index contributed by atoms with van der Waals surface area (Å²) in [5, 5.41) is 6.51. The normalized spacial score (nSPS) is 22.1. The molecule has 0 atom stereocenters. The topological polar surface area (TPSA) is 24.1 Å². The molecule has 2 N–H and O–H groups in total. The maximum atomic E-state index is 3.26. The second kappa shape index (κ2) is 3.64. The minimum Gasteiger partial charge on any atom is -0.304 e. The first-order valence-electron chi connectivity index (χ1n) is 3.46. The quantitative estimate of drug-likeness (QED) is 0.461. The molecule has 1 aliphatic rings. The number of hydrogen-bond acceptors (Lipinski definition) is 2. The molecule has 0 spiro atoms. The van der Waals surface area contributed by atoms with E-state index in [1.165, 1.54) is 12.0 Å². The molecule has 0 saturated heterocycles. The van der Waals surface area contributed by atoms with Crippen molar-refractivity contribution in [2.24, 2.45) is 0 Å². The summed E-state index contributed by atoms with van der Waals surface area (Å²) in [6.45, 7) is 5.25. The van der Waals surface area contributed by atoms with Crippen molar-refractivity contribution in [1.29, 1.82) is 0 Å². The fraction of sp³-hybridized carbons (Fsp3) is 0.714. The second-order valence-corrected chi connectivity index (χ2v) is 2.44. The first kappa shape index (κ1) is 6.78. The van der Waals surface area contributed by atoms with Crippen molar-refractivity contribution in [2.45, 2.75) is 13.3 Å². The zero-order valence-corrected chi connectivity index (χ0v) is 5.91. The van der Waals surface area contributed by atoms with Crippen molar-refractivity contribution >= 4 is 0 Å². The van der Waals surface area contributed by atoms with Crippen molar-refractivity contribution in [2.75, 3.05) is 19.8 Å². The van der Waals surface area contributed by atoms with Crippen LogP contribution in [0.2, 0.25) is 0 Å². The summed E-state index contributed by atoms with van der Waals surface area (Å²) in [5.41, 5.74) is 1.46. The van der Waals surface area contributed by atoms with E-state index >= 15 is 0 Å². The van der Waals surface area contributed by atoms with Gasteiger partial charge in [0.15, 0.2) is 0 Å². The average Bonchev–Trinajstić information content (AvgIpc) is 1.79. The van der Waals surface area contributed by atoms with E-state index in [2.05, 4.69) is 23.6 Å². The summed E-state index contributed by atoms with van der Waals surface area (Å²) < 4.78 is 0. The largest absolute Gasteiger partial charge is 0.304 e. The minimum absolute atomic E-state index is 0.950. The van der Waals surface area contributed by atoms with Crippen molar-refractivity contribution in [3.8, 4) is 0 Å². The average molecular weight is 126 g/mol. The second-order valence-electron chi connectivity index (χ2n) is 2.44. The molecule has 52 valence electrons. The van der Waals surface area contributed by atoms with Crippen LogP contribution in [-0.2, 0) is 0 Å². The fourth-order valence-electron chi connectivity index (χ4n) is 0.929. The molecule has 2 heteroatoms. The van der Waals surface area contributed by atoms with Crippen molar-refractivity contribution < 1.29 is 0 Å². The molecule has 0 aromatic rings. The highest BCUT2D eigenvalue weighted by atomic mass is 15.1. The highest BCUT2D eigenvalue weighted by molar-refractivity contribution is 5.00. The molecule has 0 radical (unpaired) electrons. The third-order valence-electron chi connectivity index (χ3n) is 1.47. The lowest BCUT2D eigenvalue weighted by molar-refractivity contribution is 0.594. The highest BCUT2D eigenvalue weighted by Gasteiger charge is 1.92. The Morgan fingerprint density at radius 3 is 3.22 bits per heavy atom. The summed E-state index contributed by atoms with van der Waals surface area (Å²) in [5.74, 6) is 0. The SMILES string of the molecule is CC1=CCCNCNC1. The summed E-state index contributed by atoms with van der Waals surface area (Å²) in [6, 6.07) is 0. The zero-order valence-electron chi connectivity index (χ0n) is 5.91. The van der Waals surface area contributed by atoms with Gasteiger partial charge in [-0.1, -0.05) is 11.6 Å². The fourth-order valence-corrected chi connectivity index (χ4v) is 0.929. The van der Waals surface area contributed by atoms with Gasteiger partial charge in [-0.15, -0.1) is 0 Å². The summed E-state index contributed by atoms with van der Waals surface area (Å²) >= 11 is 0. The molecule has 1 heterocycles. The van der Waals surface area contributed by atoms with Gasteiger partial charge in [0.2, 0.25) is 0 Å². The van der Waals surface area contributed by atoms with E-state index in [0.717, 1.165) is 19.8 Å². The first-order chi connectivity index (χ1) is 4.39. The number of rotatable bonds is 0. The van der Waals surface area contributed by atoms with Crippen molar-refractivity contribution in [3.63, 3.8) is 0 Å². The molecule has 1 rings (SSSR count). The van der Waals surface area contributed by atoms with Crippen LogP contribution in [0.1, 0.15) is 13.3 Å². The van der Waals surface area contributed by atoms with Gasteiger partial charge in [0.25, 0.3) is 0 Å². The van der Waals surface area contributed by atoms with E-state index in [4.69, 9.17) is 0 Å². The van der Waals surface area contributed by atoms with Gasteiger partial charge in [-0.3, -0.25) is 0 Å². The van der Waals surface area contributed by atoms with E-state index in [0.29, 0.717) is 0 Å². The Morgan fingerprint density at radius 1 is 1.44 bits per heavy atom. The predicted molar refractivity (Wildman–Crippen MR) is 39.2 cm³/mol. The smallest absolute Gasteiger partial charge is 0.0456 e. The molecule has 2 nitrogen and oxygen atoms in total. The molecule has 0 aliphatic carbocycles. The Balaban J connectivity index is 2.32. The Kier molecular flexibility index (Phi) is 2.74. The van der Waals surface area contributed by atoms with E-state index in [1.54, 1.807) is 0 Å². The summed E-state index contributed by atoms with van der Waals surface area (Å²) in [6.07, 6.45) is 3.45. The van der Waals surface area contributed by atoms with Crippen LogP contribution in [0.3, 0.4) is 0 Å². The molecule has 9 heavy (non-hydrogen) atoms. The molecular weight excluding hydrogens is 112 g/mol. The molecular formula is C7H14N2. The van der Waals surface area contributed by atoms with Crippen LogP contribution in [-0.4, -0.2) is 19.8 Å². The van der Waals surface area contributed by atoms with Crippen LogP contribution in [0, 0.1) is 0 Å². The van der Waals surface area contributed by atoms with Gasteiger partial charge in [-0.25, -0.2) is 0 Å². The molecule has 0 unspecified atom stereocenters. The lowest BCUT2D eigenvalue weighted by Gasteiger charge is -2.09. The van der Waals surface area contributed by atoms with Gasteiger partial charge in [0.1, 0.15) is 0 Å². The summed E-state index contributed by atoms with van der Waals surface area (Å²) in [4.78, 5) is 0. The van der Waals surface area contributed by atoms with Crippen LogP contribution >= 0.6 is 0 Å². The van der Waals surface area contributed by atoms with E-state index in [-0.39, 0.29) is 0 Å². The Hall–Kier alpha value is -0.340. The number of hydrogen-bond donors (Lipinski definition) is 2. The van der Waals surface area contributed by atoms with Crippen molar-refractivity contribution in [3.05, 3.63) is 11.6 Å². The maximum absolute atomic E-state index is 3.26. The van der Waals surface area contributed by atoms with Crippen molar-refractivity contribution in [1.82, 2.24) is 10.6 Å². The zero-order chi connectivity index (χ0) is 6.53. The van der Waals surface area contributed by atoms with Gasteiger partial charge >= 0.3 is 0 Å². The van der Waals surface area contributed by atoms with Crippen LogP contribution < -0.4 is 10.6 Å². The predicted octanol–water partition coefficient (Wildman–Crippen LogP) is 0.473. The lowest BCUT2D eigenvalue weighted by Crippen LogP contribution is -2.32. The van der Waals surface area contributed by atoms with E-state index in [1.807, 2.05) is 0 Å². The Bertz CT molecular complexity index is 107. The molecule has 0 bridgehead atoms. The Morgan fingerprint density at radius 2 is 2.33 bits per heavy atom. The molecule has 0 fully saturated rings. The minimum atomic E-state index is 0.950. The third kappa shape index (κ3) is 2.63. The maximum Gasteiger partial charge on any atom is 0.0456 e. The van der Waals surface area contributed by atoms with Crippen LogP contribution in [0.5, 0.6) is 0 Å². The molecule has 0 aromatic carbocycles. The van der Waals surface area contributed by atoms with Gasteiger partial charge < -0.3 is 10.6 Å². The highest BCUT2D eigenvalue weighted by Crippen LogP contribution is 1.93. The molecule has 0 saturated carbocycles. The standard InChI is InChI=1S/C7H14N2/c1-7-3-2-4-8-6-9-5-7/h3,8-9H,2,4-6H2,1H3. The lowest BCUT2D eigenvalue weighted by atomic mass is 10.2. The van der Waals surface area contributed by atoms with Gasteiger partial charge in [-0.2, -0.15) is 0 Å².